The van der Waals surface area contributed by atoms with E-state index < -0.39 is 6.04 Å². The molecule has 0 saturated heterocycles. The van der Waals surface area contributed by atoms with E-state index in [4.69, 9.17) is 0 Å². The number of rotatable bonds is 4. The predicted octanol–water partition coefficient (Wildman–Crippen LogP) is 2.63. The molecule has 0 bridgehead atoms. The number of carbonyl (C=O) groups excluding carboxylic acids is 2. The average Bonchev–Trinajstić information content (AvgIpc) is 2.92. The molecule has 5 heteroatoms. The first kappa shape index (κ1) is 15.0. The van der Waals surface area contributed by atoms with Crippen LogP contribution in [-0.4, -0.2) is 23.9 Å². The van der Waals surface area contributed by atoms with E-state index >= 15 is 0 Å². The molecular formula is C15H19BrN2O2. The van der Waals surface area contributed by atoms with Gasteiger partial charge in [-0.1, -0.05) is 28.8 Å². The molecule has 1 aromatic carbocycles. The van der Waals surface area contributed by atoms with E-state index in [1.54, 1.807) is 31.2 Å². The first-order chi connectivity index (χ1) is 9.56. The molecule has 0 radical (unpaired) electrons. The van der Waals surface area contributed by atoms with Crippen molar-refractivity contribution in [3.05, 3.63) is 34.3 Å². The smallest absolute Gasteiger partial charge is 0.251 e. The van der Waals surface area contributed by atoms with Crippen LogP contribution in [0.5, 0.6) is 0 Å². The lowest BCUT2D eigenvalue weighted by Crippen LogP contribution is -2.47. The molecule has 1 aliphatic carbocycles. The zero-order valence-electron chi connectivity index (χ0n) is 11.5. The van der Waals surface area contributed by atoms with Crippen LogP contribution < -0.4 is 10.6 Å². The normalized spacial score (nSPS) is 16.7. The molecule has 2 N–H and O–H groups in total. The van der Waals surface area contributed by atoms with Gasteiger partial charge in [0.25, 0.3) is 5.91 Å². The van der Waals surface area contributed by atoms with Gasteiger partial charge in [0, 0.05) is 16.1 Å². The lowest BCUT2D eigenvalue weighted by molar-refractivity contribution is -0.123. The molecule has 4 nitrogen and oxygen atoms in total. The molecule has 0 heterocycles. The molecule has 0 spiro atoms. The zero-order valence-corrected chi connectivity index (χ0v) is 13.1. The first-order valence-electron chi connectivity index (χ1n) is 6.93. The highest BCUT2D eigenvalue weighted by Crippen LogP contribution is 2.17. The van der Waals surface area contributed by atoms with Crippen molar-refractivity contribution >= 4 is 27.7 Å². The second kappa shape index (κ2) is 6.88. The van der Waals surface area contributed by atoms with Gasteiger partial charge in [-0.15, -0.1) is 0 Å². The summed E-state index contributed by atoms with van der Waals surface area (Å²) in [7, 11) is 0. The molecular weight excluding hydrogens is 320 g/mol. The summed E-state index contributed by atoms with van der Waals surface area (Å²) < 4.78 is 0.918. The third kappa shape index (κ3) is 4.07. The largest absolute Gasteiger partial charge is 0.352 e. The summed E-state index contributed by atoms with van der Waals surface area (Å²) in [5, 5.41) is 5.71. The standard InChI is InChI=1S/C15H19BrN2O2/c1-10(14(19)18-13-4-2-3-5-13)17-15(20)11-6-8-12(16)9-7-11/h6-10,13H,2-5H2,1H3,(H,17,20)(H,18,19). The Kier molecular flexibility index (Phi) is 5.17. The van der Waals surface area contributed by atoms with Crippen LogP contribution in [0.25, 0.3) is 0 Å². The van der Waals surface area contributed by atoms with Crippen LogP contribution >= 0.6 is 15.9 Å². The van der Waals surface area contributed by atoms with E-state index in [2.05, 4.69) is 26.6 Å². The van der Waals surface area contributed by atoms with Gasteiger partial charge in [-0.05, 0) is 44.0 Å². The minimum absolute atomic E-state index is 0.109. The summed E-state index contributed by atoms with van der Waals surface area (Å²) in [4.78, 5) is 24.0. The molecule has 20 heavy (non-hydrogen) atoms. The Morgan fingerprint density at radius 3 is 2.40 bits per heavy atom. The van der Waals surface area contributed by atoms with Gasteiger partial charge in [0.2, 0.25) is 5.91 Å². The number of amides is 2. The van der Waals surface area contributed by atoms with Crippen LogP contribution in [0.2, 0.25) is 0 Å². The Morgan fingerprint density at radius 1 is 1.20 bits per heavy atom. The highest BCUT2D eigenvalue weighted by atomic mass is 79.9. The summed E-state index contributed by atoms with van der Waals surface area (Å²) in [5.41, 5.74) is 0.550. The fourth-order valence-electron chi connectivity index (χ4n) is 2.34. The number of hydrogen-bond donors (Lipinski definition) is 2. The van der Waals surface area contributed by atoms with E-state index in [1.165, 1.54) is 12.8 Å². The monoisotopic (exact) mass is 338 g/mol. The molecule has 108 valence electrons. The summed E-state index contributed by atoms with van der Waals surface area (Å²) in [6.07, 6.45) is 4.42. The van der Waals surface area contributed by atoms with Gasteiger partial charge in [-0.2, -0.15) is 0 Å². The maximum absolute atomic E-state index is 12.0. The summed E-state index contributed by atoms with van der Waals surface area (Å²) in [6, 6.07) is 6.81. The van der Waals surface area contributed by atoms with Crippen LogP contribution in [0, 0.1) is 0 Å². The molecule has 1 atom stereocenters. The second-order valence-corrected chi connectivity index (χ2v) is 6.11. The predicted molar refractivity (Wildman–Crippen MR) is 81.5 cm³/mol. The molecule has 0 aliphatic heterocycles. The minimum atomic E-state index is -0.522. The van der Waals surface area contributed by atoms with Crippen LogP contribution in [0.15, 0.2) is 28.7 Å². The lowest BCUT2D eigenvalue weighted by atomic mass is 10.2. The van der Waals surface area contributed by atoms with Crippen LogP contribution in [0.3, 0.4) is 0 Å². The zero-order chi connectivity index (χ0) is 14.5. The van der Waals surface area contributed by atoms with Gasteiger partial charge in [-0.3, -0.25) is 9.59 Å². The van der Waals surface area contributed by atoms with Gasteiger partial charge in [0.1, 0.15) is 6.04 Å². The van der Waals surface area contributed by atoms with Crippen molar-refractivity contribution in [2.45, 2.75) is 44.7 Å². The van der Waals surface area contributed by atoms with Gasteiger partial charge in [0.15, 0.2) is 0 Å². The van der Waals surface area contributed by atoms with Crippen LogP contribution in [0.4, 0.5) is 0 Å². The maximum atomic E-state index is 12.0. The van der Waals surface area contributed by atoms with Crippen molar-refractivity contribution in [2.24, 2.45) is 0 Å². The van der Waals surface area contributed by atoms with Crippen molar-refractivity contribution in [2.75, 3.05) is 0 Å². The Bertz CT molecular complexity index is 481. The Hall–Kier alpha value is -1.36. The molecule has 2 amide bonds. The average molecular weight is 339 g/mol. The fourth-order valence-corrected chi connectivity index (χ4v) is 2.61. The van der Waals surface area contributed by atoms with Crippen LogP contribution in [0.1, 0.15) is 43.0 Å². The van der Waals surface area contributed by atoms with Crippen LogP contribution in [-0.2, 0) is 4.79 Å². The van der Waals surface area contributed by atoms with Gasteiger partial charge in [-0.25, -0.2) is 0 Å². The molecule has 0 aromatic heterocycles. The van der Waals surface area contributed by atoms with Gasteiger partial charge >= 0.3 is 0 Å². The molecule has 1 aromatic rings. The summed E-state index contributed by atoms with van der Waals surface area (Å²) in [5.74, 6) is -0.339. The molecule has 1 saturated carbocycles. The number of hydrogen-bond acceptors (Lipinski definition) is 2. The molecule has 1 fully saturated rings. The number of benzene rings is 1. The number of halogens is 1. The Balaban J connectivity index is 1.86. The van der Waals surface area contributed by atoms with Gasteiger partial charge in [0.05, 0.1) is 0 Å². The lowest BCUT2D eigenvalue weighted by Gasteiger charge is -2.17. The van der Waals surface area contributed by atoms with E-state index in [1.807, 2.05) is 0 Å². The van der Waals surface area contributed by atoms with Crippen molar-refractivity contribution in [3.63, 3.8) is 0 Å². The molecule has 2 rings (SSSR count). The molecule has 1 aliphatic rings. The highest BCUT2D eigenvalue weighted by molar-refractivity contribution is 9.10. The Morgan fingerprint density at radius 2 is 1.80 bits per heavy atom. The quantitative estimate of drug-likeness (QED) is 0.886. The summed E-state index contributed by atoms with van der Waals surface area (Å²) in [6.45, 7) is 1.71. The van der Waals surface area contributed by atoms with Crippen molar-refractivity contribution in [1.29, 1.82) is 0 Å². The SMILES string of the molecule is CC(NC(=O)c1ccc(Br)cc1)C(=O)NC1CCCC1. The number of nitrogens with one attached hydrogen (secondary N) is 2. The third-order valence-corrected chi connectivity index (χ3v) is 4.08. The van der Waals surface area contributed by atoms with E-state index in [0.29, 0.717) is 5.56 Å². The van der Waals surface area contributed by atoms with Gasteiger partial charge < -0.3 is 10.6 Å². The van der Waals surface area contributed by atoms with Crippen molar-refractivity contribution in [1.82, 2.24) is 10.6 Å². The first-order valence-corrected chi connectivity index (χ1v) is 7.72. The number of carbonyl (C=O) groups is 2. The molecule has 1 unspecified atom stereocenters. The van der Waals surface area contributed by atoms with Crippen molar-refractivity contribution in [3.8, 4) is 0 Å². The summed E-state index contributed by atoms with van der Waals surface area (Å²) >= 11 is 3.32. The topological polar surface area (TPSA) is 58.2 Å². The highest BCUT2D eigenvalue weighted by Gasteiger charge is 2.21. The van der Waals surface area contributed by atoms with E-state index in [-0.39, 0.29) is 17.9 Å². The third-order valence-electron chi connectivity index (χ3n) is 3.55. The minimum Gasteiger partial charge on any atom is -0.352 e. The van der Waals surface area contributed by atoms with E-state index in [9.17, 15) is 9.59 Å². The Labute approximate surface area is 127 Å². The fraction of sp³-hybridized carbons (Fsp3) is 0.467. The maximum Gasteiger partial charge on any atom is 0.251 e. The second-order valence-electron chi connectivity index (χ2n) is 5.19. The van der Waals surface area contributed by atoms with E-state index in [0.717, 1.165) is 17.3 Å². The van der Waals surface area contributed by atoms with Crippen molar-refractivity contribution < 1.29 is 9.59 Å².